The van der Waals surface area contributed by atoms with Crippen LogP contribution in [0.5, 0.6) is 17.2 Å². The maximum atomic E-state index is 13.1. The molecule has 0 aliphatic carbocycles. The van der Waals surface area contributed by atoms with Crippen LogP contribution < -0.4 is 30.4 Å². The highest BCUT2D eigenvalue weighted by Gasteiger charge is 2.34. The summed E-state index contributed by atoms with van der Waals surface area (Å²) in [5.74, 6) is 5.80. The van der Waals surface area contributed by atoms with E-state index in [9.17, 15) is 9.59 Å². The quantitative estimate of drug-likeness (QED) is 0.483. The number of para-hydroxylation sites is 2. The van der Waals surface area contributed by atoms with Gasteiger partial charge in [0, 0.05) is 5.56 Å². The van der Waals surface area contributed by atoms with Crippen LogP contribution >= 0.6 is 0 Å². The first-order chi connectivity index (χ1) is 12.6. The minimum absolute atomic E-state index is 0.0349. The molecule has 26 heavy (non-hydrogen) atoms. The molecular weight excluding hydrogens is 338 g/mol. The fourth-order valence-corrected chi connectivity index (χ4v) is 2.78. The van der Waals surface area contributed by atoms with Gasteiger partial charge in [-0.1, -0.05) is 12.1 Å². The number of rotatable bonds is 4. The van der Waals surface area contributed by atoms with Crippen LogP contribution in [0, 0.1) is 0 Å². The molecule has 0 spiro atoms. The minimum atomic E-state index is -0.904. The van der Waals surface area contributed by atoms with Crippen molar-refractivity contribution in [1.29, 1.82) is 0 Å². The Bertz CT molecular complexity index is 839. The standard InChI is InChI=1S/C18H19N3O5/c1-24-14-8-7-11(9-15(14)25-2)18(23)21-10-16(17(22)20-19)26-13-6-4-3-5-12(13)21/h3-9,16H,10,19H2,1-2H3,(H,20,22). The number of hydrogen-bond donors (Lipinski definition) is 2. The minimum Gasteiger partial charge on any atom is -0.493 e. The highest BCUT2D eigenvalue weighted by atomic mass is 16.5. The van der Waals surface area contributed by atoms with Crippen LogP contribution in [0.4, 0.5) is 5.69 Å². The van der Waals surface area contributed by atoms with Gasteiger partial charge in [-0.15, -0.1) is 0 Å². The second kappa shape index (κ2) is 7.32. The third-order valence-corrected chi connectivity index (χ3v) is 4.08. The van der Waals surface area contributed by atoms with Crippen LogP contribution in [0.2, 0.25) is 0 Å². The summed E-state index contributed by atoms with van der Waals surface area (Å²) in [5.41, 5.74) is 3.03. The number of methoxy groups -OCH3 is 2. The summed E-state index contributed by atoms with van der Waals surface area (Å²) in [7, 11) is 3.02. The number of carbonyl (C=O) groups is 2. The molecule has 2 aromatic carbocycles. The molecule has 0 aromatic heterocycles. The lowest BCUT2D eigenvalue weighted by Gasteiger charge is -2.34. The Kier molecular flexibility index (Phi) is 4.94. The number of hydrazine groups is 1. The van der Waals surface area contributed by atoms with Gasteiger partial charge in [0.1, 0.15) is 5.75 Å². The number of amides is 2. The zero-order valence-electron chi connectivity index (χ0n) is 14.4. The SMILES string of the molecule is COc1ccc(C(=O)N2CC(C(=O)NN)Oc3ccccc32)cc1OC. The zero-order chi connectivity index (χ0) is 18.7. The van der Waals surface area contributed by atoms with Gasteiger partial charge < -0.3 is 19.1 Å². The van der Waals surface area contributed by atoms with E-state index in [1.807, 2.05) is 0 Å². The first-order valence-corrected chi connectivity index (χ1v) is 7.89. The number of fused-ring (bicyclic) bond motifs is 1. The molecule has 2 amide bonds. The van der Waals surface area contributed by atoms with Crippen molar-refractivity contribution >= 4 is 17.5 Å². The van der Waals surface area contributed by atoms with Crippen molar-refractivity contribution in [1.82, 2.24) is 5.43 Å². The molecule has 2 aromatic rings. The molecular formula is C18H19N3O5. The number of anilines is 1. The van der Waals surface area contributed by atoms with Gasteiger partial charge in [0.25, 0.3) is 11.8 Å². The van der Waals surface area contributed by atoms with E-state index in [-0.39, 0.29) is 12.5 Å². The summed E-state index contributed by atoms with van der Waals surface area (Å²) in [6.45, 7) is 0.0349. The molecule has 1 unspecified atom stereocenters. The normalized spacial score (nSPS) is 15.5. The van der Waals surface area contributed by atoms with Gasteiger partial charge in [-0.2, -0.15) is 0 Å². The van der Waals surface area contributed by atoms with Gasteiger partial charge in [-0.05, 0) is 30.3 Å². The maximum absolute atomic E-state index is 13.1. The number of benzene rings is 2. The number of nitrogens with zero attached hydrogens (tertiary/aromatic N) is 1. The Balaban J connectivity index is 1.98. The topological polar surface area (TPSA) is 103 Å². The van der Waals surface area contributed by atoms with Crippen molar-refractivity contribution in [3.8, 4) is 17.2 Å². The van der Waals surface area contributed by atoms with Crippen molar-refractivity contribution in [2.45, 2.75) is 6.10 Å². The summed E-state index contributed by atoms with van der Waals surface area (Å²) in [4.78, 5) is 26.5. The van der Waals surface area contributed by atoms with Crippen LogP contribution in [0.1, 0.15) is 10.4 Å². The van der Waals surface area contributed by atoms with Crippen molar-refractivity contribution in [3.05, 3.63) is 48.0 Å². The van der Waals surface area contributed by atoms with Crippen molar-refractivity contribution in [3.63, 3.8) is 0 Å². The largest absolute Gasteiger partial charge is 0.493 e. The molecule has 1 aliphatic rings. The third-order valence-electron chi connectivity index (χ3n) is 4.08. The Morgan fingerprint density at radius 1 is 1.15 bits per heavy atom. The van der Waals surface area contributed by atoms with E-state index in [2.05, 4.69) is 5.43 Å². The number of hydrogen-bond acceptors (Lipinski definition) is 6. The molecule has 136 valence electrons. The molecule has 0 saturated carbocycles. The lowest BCUT2D eigenvalue weighted by Crippen LogP contribution is -2.52. The zero-order valence-corrected chi connectivity index (χ0v) is 14.4. The van der Waals surface area contributed by atoms with Gasteiger partial charge in [0.05, 0.1) is 26.5 Å². The van der Waals surface area contributed by atoms with Crippen LogP contribution in [-0.4, -0.2) is 38.7 Å². The van der Waals surface area contributed by atoms with Crippen molar-refractivity contribution in [2.24, 2.45) is 5.84 Å². The summed E-state index contributed by atoms with van der Waals surface area (Å²) in [6.07, 6.45) is -0.904. The first-order valence-electron chi connectivity index (χ1n) is 7.89. The molecule has 1 heterocycles. The van der Waals surface area contributed by atoms with E-state index >= 15 is 0 Å². The van der Waals surface area contributed by atoms with E-state index in [1.54, 1.807) is 42.5 Å². The maximum Gasteiger partial charge on any atom is 0.276 e. The highest BCUT2D eigenvalue weighted by molar-refractivity contribution is 6.08. The lowest BCUT2D eigenvalue weighted by atomic mass is 10.1. The van der Waals surface area contributed by atoms with Crippen LogP contribution in [0.25, 0.3) is 0 Å². The summed E-state index contributed by atoms with van der Waals surface area (Å²) in [6, 6.07) is 11.9. The highest BCUT2D eigenvalue weighted by Crippen LogP contribution is 2.35. The average molecular weight is 357 g/mol. The van der Waals surface area contributed by atoms with Crippen molar-refractivity contribution < 1.29 is 23.8 Å². The lowest BCUT2D eigenvalue weighted by molar-refractivity contribution is -0.127. The third kappa shape index (κ3) is 3.14. The van der Waals surface area contributed by atoms with Gasteiger partial charge >= 0.3 is 0 Å². The van der Waals surface area contributed by atoms with E-state index in [0.717, 1.165) is 0 Å². The molecule has 1 aliphatic heterocycles. The number of carbonyl (C=O) groups excluding carboxylic acids is 2. The van der Waals surface area contributed by atoms with Crippen LogP contribution in [-0.2, 0) is 4.79 Å². The smallest absolute Gasteiger partial charge is 0.276 e. The predicted molar refractivity (Wildman–Crippen MR) is 94.4 cm³/mol. The number of nitrogens with one attached hydrogen (secondary N) is 1. The molecule has 8 heteroatoms. The van der Waals surface area contributed by atoms with E-state index < -0.39 is 12.0 Å². The number of ether oxygens (including phenoxy) is 3. The summed E-state index contributed by atoms with van der Waals surface area (Å²) < 4.78 is 16.1. The Morgan fingerprint density at radius 3 is 2.58 bits per heavy atom. The van der Waals surface area contributed by atoms with E-state index in [1.165, 1.54) is 19.1 Å². The Hall–Kier alpha value is -3.26. The van der Waals surface area contributed by atoms with Gasteiger partial charge in [0.15, 0.2) is 17.6 Å². The molecule has 0 radical (unpaired) electrons. The average Bonchev–Trinajstić information content (AvgIpc) is 2.71. The monoisotopic (exact) mass is 357 g/mol. The fraction of sp³-hybridized carbons (Fsp3) is 0.222. The summed E-state index contributed by atoms with van der Waals surface area (Å²) in [5, 5.41) is 0. The Labute approximate surface area is 150 Å². The first kappa shape index (κ1) is 17.6. The van der Waals surface area contributed by atoms with E-state index in [0.29, 0.717) is 28.5 Å². The summed E-state index contributed by atoms with van der Waals surface area (Å²) >= 11 is 0. The molecule has 3 N–H and O–H groups in total. The second-order valence-electron chi connectivity index (χ2n) is 5.57. The Morgan fingerprint density at radius 2 is 1.88 bits per heavy atom. The van der Waals surface area contributed by atoms with Crippen molar-refractivity contribution in [2.75, 3.05) is 25.7 Å². The molecule has 0 bridgehead atoms. The number of nitrogens with two attached hydrogens (primary N) is 1. The fourth-order valence-electron chi connectivity index (χ4n) is 2.78. The predicted octanol–water partition coefficient (Wildman–Crippen LogP) is 1.10. The van der Waals surface area contributed by atoms with Crippen LogP contribution in [0.15, 0.2) is 42.5 Å². The molecule has 1 atom stereocenters. The molecule has 8 nitrogen and oxygen atoms in total. The molecule has 0 saturated heterocycles. The molecule has 0 fully saturated rings. The van der Waals surface area contributed by atoms with Gasteiger partial charge in [-0.3, -0.25) is 15.0 Å². The molecule has 3 rings (SSSR count). The van der Waals surface area contributed by atoms with Gasteiger partial charge in [0.2, 0.25) is 0 Å². The van der Waals surface area contributed by atoms with Crippen LogP contribution in [0.3, 0.4) is 0 Å². The van der Waals surface area contributed by atoms with Gasteiger partial charge in [-0.25, -0.2) is 5.84 Å². The second-order valence-corrected chi connectivity index (χ2v) is 5.57. The van der Waals surface area contributed by atoms with E-state index in [4.69, 9.17) is 20.1 Å².